The van der Waals surface area contributed by atoms with E-state index in [4.69, 9.17) is 42.1 Å². The van der Waals surface area contributed by atoms with Gasteiger partial charge in [-0.25, -0.2) is 0 Å². The van der Waals surface area contributed by atoms with Crippen molar-refractivity contribution in [3.05, 3.63) is 34.3 Å². The molecule has 1 amide bonds. The van der Waals surface area contributed by atoms with E-state index < -0.39 is 17.7 Å². The maximum atomic E-state index is 12.8. The van der Waals surface area contributed by atoms with Crippen molar-refractivity contribution in [1.29, 1.82) is 0 Å². The third kappa shape index (κ3) is 6.49. The number of hydrogen-bond acceptors (Lipinski definition) is 8. The molecule has 9 nitrogen and oxygen atoms in total. The number of nitrogens with zero attached hydrogens (tertiary/aromatic N) is 2. The van der Waals surface area contributed by atoms with Gasteiger partial charge in [0.1, 0.15) is 10.7 Å². The van der Waals surface area contributed by atoms with Crippen LogP contribution in [0.3, 0.4) is 0 Å². The molecule has 0 radical (unpaired) electrons. The molecule has 0 spiro atoms. The molecule has 0 saturated heterocycles. The van der Waals surface area contributed by atoms with E-state index in [0.29, 0.717) is 36.1 Å². The van der Waals surface area contributed by atoms with E-state index in [1.165, 1.54) is 33.3 Å². The molecule has 0 saturated carbocycles. The van der Waals surface area contributed by atoms with Crippen LogP contribution in [0.1, 0.15) is 20.8 Å². The van der Waals surface area contributed by atoms with Gasteiger partial charge in [0.05, 0.1) is 32.5 Å². The number of anilines is 1. The minimum Gasteiger partial charge on any atom is -0.493 e. The quantitative estimate of drug-likeness (QED) is 0.324. The SMILES string of the molecule is CCOc1cc(NC(=O)C(N=Nc2ccc(OC)c(OC)c2Cl)C(C)=O)cc(Cl)c1OCC. The van der Waals surface area contributed by atoms with Crippen LogP contribution in [0.4, 0.5) is 11.4 Å². The topological polar surface area (TPSA) is 108 Å². The highest BCUT2D eigenvalue weighted by molar-refractivity contribution is 6.34. The summed E-state index contributed by atoms with van der Waals surface area (Å²) in [6.07, 6.45) is 0. The van der Waals surface area contributed by atoms with Gasteiger partial charge in [0.25, 0.3) is 5.91 Å². The zero-order chi connectivity index (χ0) is 24.5. The number of rotatable bonds is 11. The highest BCUT2D eigenvalue weighted by atomic mass is 35.5. The van der Waals surface area contributed by atoms with Gasteiger partial charge in [0.15, 0.2) is 28.8 Å². The van der Waals surface area contributed by atoms with E-state index in [2.05, 4.69) is 15.5 Å². The molecule has 1 atom stereocenters. The molecule has 0 bridgehead atoms. The number of carbonyl (C=O) groups is 2. The minimum absolute atomic E-state index is 0.128. The molecule has 1 unspecified atom stereocenters. The second-order valence-electron chi connectivity index (χ2n) is 6.50. The zero-order valence-corrected chi connectivity index (χ0v) is 20.4. The van der Waals surface area contributed by atoms with Crippen molar-refractivity contribution in [3.63, 3.8) is 0 Å². The van der Waals surface area contributed by atoms with Crippen LogP contribution in [0.25, 0.3) is 0 Å². The Morgan fingerprint density at radius 2 is 1.70 bits per heavy atom. The maximum absolute atomic E-state index is 12.8. The smallest absolute Gasteiger partial charge is 0.258 e. The molecule has 11 heteroatoms. The summed E-state index contributed by atoms with van der Waals surface area (Å²) in [6, 6.07) is 4.74. The molecule has 2 aromatic rings. The number of ketones is 1. The normalized spacial score (nSPS) is 11.7. The molecule has 33 heavy (non-hydrogen) atoms. The van der Waals surface area contributed by atoms with E-state index in [9.17, 15) is 9.59 Å². The number of nitrogens with one attached hydrogen (secondary N) is 1. The third-order valence-electron chi connectivity index (χ3n) is 4.24. The van der Waals surface area contributed by atoms with Gasteiger partial charge in [-0.2, -0.15) is 10.2 Å². The highest BCUT2D eigenvalue weighted by Crippen LogP contribution is 2.41. The van der Waals surface area contributed by atoms with Crippen LogP contribution in [-0.2, 0) is 9.59 Å². The molecule has 0 heterocycles. The van der Waals surface area contributed by atoms with Gasteiger partial charge in [-0.05, 0) is 39.0 Å². The van der Waals surface area contributed by atoms with E-state index >= 15 is 0 Å². The fourth-order valence-electron chi connectivity index (χ4n) is 2.79. The molecule has 0 aliphatic heterocycles. The molecule has 0 aromatic heterocycles. The van der Waals surface area contributed by atoms with Crippen LogP contribution in [0.5, 0.6) is 23.0 Å². The lowest BCUT2D eigenvalue weighted by Crippen LogP contribution is -2.31. The summed E-state index contributed by atoms with van der Waals surface area (Å²) in [5, 5.41) is 10.9. The van der Waals surface area contributed by atoms with Gasteiger partial charge >= 0.3 is 0 Å². The fraction of sp³-hybridized carbons (Fsp3) is 0.364. The lowest BCUT2D eigenvalue weighted by molar-refractivity contribution is -0.126. The number of ether oxygens (including phenoxy) is 4. The number of azo groups is 1. The van der Waals surface area contributed by atoms with Gasteiger partial charge in [0, 0.05) is 11.8 Å². The Hall–Kier alpha value is -3.04. The molecule has 178 valence electrons. The first-order chi connectivity index (χ1) is 15.8. The van der Waals surface area contributed by atoms with Crippen LogP contribution < -0.4 is 24.3 Å². The molecular formula is C22H25Cl2N3O6. The summed E-state index contributed by atoms with van der Waals surface area (Å²) in [6.45, 7) is 5.60. The van der Waals surface area contributed by atoms with Gasteiger partial charge in [-0.3, -0.25) is 9.59 Å². The number of methoxy groups -OCH3 is 2. The Labute approximate surface area is 202 Å². The summed E-state index contributed by atoms with van der Waals surface area (Å²) in [4.78, 5) is 24.9. The Morgan fingerprint density at radius 1 is 1.00 bits per heavy atom. The Kier molecular flexibility index (Phi) is 9.74. The first-order valence-electron chi connectivity index (χ1n) is 9.99. The molecule has 2 aromatic carbocycles. The molecule has 0 aliphatic carbocycles. The van der Waals surface area contributed by atoms with Crippen molar-refractivity contribution in [1.82, 2.24) is 0 Å². The second-order valence-corrected chi connectivity index (χ2v) is 7.29. The molecule has 2 rings (SSSR count). The van der Waals surface area contributed by atoms with Gasteiger partial charge in [0.2, 0.25) is 6.04 Å². The molecule has 1 N–H and O–H groups in total. The predicted molar refractivity (Wildman–Crippen MR) is 126 cm³/mol. The van der Waals surface area contributed by atoms with Gasteiger partial charge < -0.3 is 24.3 Å². The number of benzene rings is 2. The first-order valence-corrected chi connectivity index (χ1v) is 10.7. The monoisotopic (exact) mass is 497 g/mol. The Morgan fingerprint density at radius 3 is 2.27 bits per heavy atom. The van der Waals surface area contributed by atoms with Crippen molar-refractivity contribution in [2.75, 3.05) is 32.8 Å². The summed E-state index contributed by atoms with van der Waals surface area (Å²) >= 11 is 12.6. The summed E-state index contributed by atoms with van der Waals surface area (Å²) < 4.78 is 21.5. The van der Waals surface area contributed by atoms with Crippen LogP contribution in [0.15, 0.2) is 34.5 Å². The minimum atomic E-state index is -1.42. The predicted octanol–water partition coefficient (Wildman–Crippen LogP) is 5.49. The summed E-state index contributed by atoms with van der Waals surface area (Å²) in [7, 11) is 2.89. The van der Waals surface area contributed by atoms with E-state index in [0.717, 1.165) is 0 Å². The largest absolute Gasteiger partial charge is 0.493 e. The van der Waals surface area contributed by atoms with Crippen molar-refractivity contribution in [3.8, 4) is 23.0 Å². The lowest BCUT2D eigenvalue weighted by atomic mass is 10.2. The standard InChI is InChI=1S/C22H25Cl2N3O6/c1-6-32-17-11-13(10-14(23)20(17)33-7-2)25-22(29)19(12(3)28)27-26-15-8-9-16(30-4)21(31-5)18(15)24/h8-11,19H,6-7H2,1-5H3,(H,25,29). The zero-order valence-electron chi connectivity index (χ0n) is 18.9. The Balaban J connectivity index is 2.31. The summed E-state index contributed by atoms with van der Waals surface area (Å²) in [5.41, 5.74) is 0.513. The summed E-state index contributed by atoms with van der Waals surface area (Å²) in [5.74, 6) is 0.164. The lowest BCUT2D eigenvalue weighted by Gasteiger charge is -2.15. The van der Waals surface area contributed by atoms with Gasteiger partial charge in [-0.1, -0.05) is 23.2 Å². The van der Waals surface area contributed by atoms with Crippen LogP contribution in [0, 0.1) is 0 Å². The van der Waals surface area contributed by atoms with Crippen LogP contribution in [0.2, 0.25) is 10.0 Å². The molecule has 0 fully saturated rings. The highest BCUT2D eigenvalue weighted by Gasteiger charge is 2.25. The van der Waals surface area contributed by atoms with Crippen molar-refractivity contribution in [2.45, 2.75) is 26.8 Å². The first kappa shape index (κ1) is 26.2. The van der Waals surface area contributed by atoms with Crippen LogP contribution in [-0.4, -0.2) is 45.2 Å². The van der Waals surface area contributed by atoms with Crippen molar-refractivity contribution >= 4 is 46.3 Å². The number of Topliss-reactive ketones (excluding diaryl/α,β-unsaturated/α-hetero) is 1. The van der Waals surface area contributed by atoms with E-state index in [1.54, 1.807) is 19.1 Å². The third-order valence-corrected chi connectivity index (χ3v) is 4.89. The average molecular weight is 498 g/mol. The molecule has 0 aliphatic rings. The number of amides is 1. The van der Waals surface area contributed by atoms with Crippen molar-refractivity contribution in [2.24, 2.45) is 10.2 Å². The Bertz CT molecular complexity index is 1050. The average Bonchev–Trinajstić information content (AvgIpc) is 2.77. The van der Waals surface area contributed by atoms with E-state index in [-0.39, 0.29) is 21.5 Å². The van der Waals surface area contributed by atoms with Crippen LogP contribution >= 0.6 is 23.2 Å². The number of halogens is 2. The number of hydrogen-bond donors (Lipinski definition) is 1. The maximum Gasteiger partial charge on any atom is 0.258 e. The second kappa shape index (κ2) is 12.3. The molecular weight excluding hydrogens is 473 g/mol. The van der Waals surface area contributed by atoms with E-state index in [1.807, 2.05) is 6.92 Å². The fourth-order valence-corrected chi connectivity index (χ4v) is 3.33. The van der Waals surface area contributed by atoms with Gasteiger partial charge in [-0.15, -0.1) is 0 Å². The number of carbonyl (C=O) groups excluding carboxylic acids is 2. The van der Waals surface area contributed by atoms with Crippen molar-refractivity contribution < 1.29 is 28.5 Å².